The van der Waals surface area contributed by atoms with E-state index >= 15 is 0 Å². The van der Waals surface area contributed by atoms with Gasteiger partial charge >= 0.3 is 181 Å². The monoisotopic (exact) mass is 359 g/mol. The quantitative estimate of drug-likeness (QED) is 0.436. The molecule has 0 aromatic heterocycles. The summed E-state index contributed by atoms with van der Waals surface area (Å²) in [6, 6.07) is 0. The molecule has 0 spiro atoms. The van der Waals surface area contributed by atoms with Gasteiger partial charge in [-0.25, -0.2) is 4.79 Å². The fourth-order valence-electron chi connectivity index (χ4n) is 0.0722. The van der Waals surface area contributed by atoms with E-state index in [1.54, 1.807) is 0 Å². The Balaban J connectivity index is -0.0000000208. The van der Waals surface area contributed by atoms with Crippen molar-refractivity contribution in [2.24, 2.45) is 0 Å². The van der Waals surface area contributed by atoms with Crippen LogP contribution >= 0.6 is 0 Å². The molecule has 0 unspecified atom stereocenters. The molecule has 0 rings (SSSR count). The number of alkyl carbamates (subject to hydrolysis) is 1. The van der Waals surface area contributed by atoms with Crippen LogP contribution in [0.15, 0.2) is 0 Å². The molecule has 0 bridgehead atoms. The maximum atomic E-state index is 9.78. The Bertz CT molecular complexity index is 56.5. The second kappa shape index (κ2) is 23.5. The Morgan fingerprint density at radius 1 is 1.40 bits per heavy atom. The molecule has 0 aliphatic heterocycles. The molecule has 0 aliphatic rings. The predicted octanol–water partition coefficient (Wildman–Crippen LogP) is -8.22. The summed E-state index contributed by atoms with van der Waals surface area (Å²) in [5, 5.41) is 2.19. The van der Waals surface area contributed by atoms with E-state index in [0.29, 0.717) is 0 Å². The molecular weight excluding hydrogens is 350 g/mol. The molecule has 0 fully saturated rings. The summed E-state index contributed by atoms with van der Waals surface area (Å²) < 4.78 is 3.90. The Kier molecular flexibility index (Phi) is 68.8. The fourth-order valence-corrected chi connectivity index (χ4v) is 0.0722. The van der Waals surface area contributed by atoms with Crippen LogP contribution in [-0.2, 0) is 4.74 Å². The summed E-state index contributed by atoms with van der Waals surface area (Å²) in [7, 11) is 4.31. The summed E-state index contributed by atoms with van der Waals surface area (Å²) in [5.74, 6) is 0. The molecule has 0 saturated carbocycles. The van der Waals surface area contributed by atoms with Crippen molar-refractivity contribution in [2.75, 3.05) is 7.05 Å². The molecule has 44 valence electrons. The molecule has 0 aromatic rings. The van der Waals surface area contributed by atoms with Crippen molar-refractivity contribution in [3.05, 3.63) is 7.11 Å². The molecule has 1 amide bonds. The van der Waals surface area contributed by atoms with E-state index in [2.05, 4.69) is 17.2 Å². The van der Waals surface area contributed by atoms with E-state index in [4.69, 9.17) is 0 Å². The van der Waals surface area contributed by atoms with Crippen LogP contribution in [0.5, 0.6) is 0 Å². The summed E-state index contributed by atoms with van der Waals surface area (Å²) >= 11 is 0. The van der Waals surface area contributed by atoms with Crippen molar-refractivity contribution in [2.45, 2.75) is 7.43 Å². The predicted molar refractivity (Wildman–Crippen MR) is 27.6 cm³/mol. The van der Waals surface area contributed by atoms with Crippen LogP contribution in [0.25, 0.3) is 0 Å². The standard InChI is InChI=1S/C3H6NO2.CH4.3Rb/c1-4-3(5)6-2;;;;/h2H2,1H3,(H,4,5);1H4;;;/q-1;;3*+1. The van der Waals surface area contributed by atoms with Gasteiger partial charge < -0.3 is 10.1 Å². The topological polar surface area (TPSA) is 38.3 Å². The van der Waals surface area contributed by atoms with Gasteiger partial charge in [0.1, 0.15) is 0 Å². The van der Waals surface area contributed by atoms with Crippen LogP contribution in [-0.4, -0.2) is 13.1 Å². The minimum atomic E-state index is -0.519. The average Bonchev–Trinajstić information content (AvgIpc) is 1.65. The molecule has 0 heterocycles. The zero-order valence-corrected chi connectivity index (χ0v) is 21.3. The van der Waals surface area contributed by atoms with Gasteiger partial charge in [0.25, 0.3) is 0 Å². The maximum Gasteiger partial charge on any atom is 1.00 e. The third kappa shape index (κ3) is 23.0. The van der Waals surface area contributed by atoms with E-state index in [1.807, 2.05) is 0 Å². The van der Waals surface area contributed by atoms with Crippen LogP contribution in [0.2, 0.25) is 0 Å². The van der Waals surface area contributed by atoms with Gasteiger partial charge in [-0.2, -0.15) is 7.11 Å². The van der Waals surface area contributed by atoms with E-state index in [-0.39, 0.29) is 182 Å². The summed E-state index contributed by atoms with van der Waals surface area (Å²) in [4.78, 5) is 9.78. The molecular formula is C4H10NO2Rb3+2. The molecule has 10 heavy (non-hydrogen) atoms. The minimum absolute atomic E-state index is 0. The number of hydrogen-bond donors (Lipinski definition) is 1. The van der Waals surface area contributed by atoms with E-state index in [0.717, 1.165) is 0 Å². The van der Waals surface area contributed by atoms with Crippen molar-refractivity contribution in [3.63, 3.8) is 0 Å². The molecule has 6 heteroatoms. The third-order valence-electron chi connectivity index (χ3n) is 0.335. The average molecular weight is 361 g/mol. The van der Waals surface area contributed by atoms with Gasteiger partial charge in [0.05, 0.1) is 0 Å². The van der Waals surface area contributed by atoms with Crippen LogP contribution in [0, 0.1) is 7.11 Å². The first-order valence-electron chi connectivity index (χ1n) is 1.45. The van der Waals surface area contributed by atoms with Gasteiger partial charge in [0, 0.05) is 7.05 Å². The van der Waals surface area contributed by atoms with Crippen molar-refractivity contribution >= 4 is 6.09 Å². The minimum Gasteiger partial charge on any atom is -0.624 e. The third-order valence-corrected chi connectivity index (χ3v) is 0.335. The largest absolute Gasteiger partial charge is 1.00 e. The zero-order valence-electron chi connectivity index (χ0n) is 6.52. The second-order valence-electron chi connectivity index (χ2n) is 0.682. The normalized spacial score (nSPS) is 4.20. The molecule has 0 radical (unpaired) electrons. The molecule has 1 N–H and O–H groups in total. The number of carbonyl (C=O) groups excluding carboxylic acids is 1. The van der Waals surface area contributed by atoms with E-state index < -0.39 is 6.09 Å². The van der Waals surface area contributed by atoms with Gasteiger partial charge in [-0.05, 0) is 0 Å². The van der Waals surface area contributed by atoms with Crippen molar-refractivity contribution in [3.8, 4) is 0 Å². The number of amides is 1. The Morgan fingerprint density at radius 3 is 1.70 bits per heavy atom. The van der Waals surface area contributed by atoms with Gasteiger partial charge in [0.2, 0.25) is 0 Å². The van der Waals surface area contributed by atoms with Crippen LogP contribution in [0.1, 0.15) is 7.43 Å². The first-order chi connectivity index (χ1) is 2.81. The van der Waals surface area contributed by atoms with Crippen LogP contribution < -0.4 is 180 Å². The van der Waals surface area contributed by atoms with Crippen molar-refractivity contribution < 1.29 is 184 Å². The number of nitrogens with one attached hydrogen (secondary N) is 1. The second-order valence-corrected chi connectivity index (χ2v) is 0.682. The Labute approximate surface area is 210 Å². The number of hydrogen-bond acceptors (Lipinski definition) is 2. The SMILES string of the molecule is C.[CH2-]OC(=O)NC.[Rb+].[Rb+].[Rb+]. The molecule has 0 saturated heterocycles. The molecule has 0 aliphatic carbocycles. The first-order valence-corrected chi connectivity index (χ1v) is 1.45. The summed E-state index contributed by atoms with van der Waals surface area (Å²) in [5.41, 5.74) is 0. The van der Waals surface area contributed by atoms with Gasteiger partial charge in [0.15, 0.2) is 0 Å². The number of rotatable bonds is 0. The Morgan fingerprint density at radius 2 is 1.70 bits per heavy atom. The smallest absolute Gasteiger partial charge is 0.624 e. The molecule has 3 nitrogen and oxygen atoms in total. The first kappa shape index (κ1) is 29.3. The van der Waals surface area contributed by atoms with Crippen molar-refractivity contribution in [1.29, 1.82) is 0 Å². The Hall–Kier alpha value is 4.69. The van der Waals surface area contributed by atoms with Crippen LogP contribution in [0.4, 0.5) is 4.79 Å². The van der Waals surface area contributed by atoms with Gasteiger partial charge in [-0.3, -0.25) is 0 Å². The van der Waals surface area contributed by atoms with Crippen molar-refractivity contribution in [1.82, 2.24) is 5.32 Å². The summed E-state index contributed by atoms with van der Waals surface area (Å²) in [6.07, 6.45) is -0.519. The van der Waals surface area contributed by atoms with Gasteiger partial charge in [-0.1, -0.05) is 7.43 Å². The van der Waals surface area contributed by atoms with E-state index in [1.165, 1.54) is 7.05 Å². The maximum absolute atomic E-state index is 9.78. The number of ether oxygens (including phenoxy) is 1. The zero-order chi connectivity index (χ0) is 4.99. The number of carbonyl (C=O) groups is 1. The molecule has 0 aromatic carbocycles. The van der Waals surface area contributed by atoms with E-state index in [9.17, 15) is 4.79 Å². The van der Waals surface area contributed by atoms with Crippen LogP contribution in [0.3, 0.4) is 0 Å². The fraction of sp³-hybridized carbons (Fsp3) is 0.500. The molecule has 0 atom stereocenters. The van der Waals surface area contributed by atoms with Gasteiger partial charge in [-0.15, -0.1) is 0 Å². The summed E-state index contributed by atoms with van der Waals surface area (Å²) in [6.45, 7) is 0.